The summed E-state index contributed by atoms with van der Waals surface area (Å²) in [6.45, 7) is 0. The summed E-state index contributed by atoms with van der Waals surface area (Å²) in [5.74, 6) is 1.75. The SMILES string of the molecule is COc1ccc(Nc2nccc3c2cc(-c2cccc(C(F)(F)F)c2)n3C)cc1OC. The van der Waals surface area contributed by atoms with E-state index in [4.69, 9.17) is 9.47 Å². The lowest BCUT2D eigenvalue weighted by atomic mass is 10.1. The number of alkyl halides is 3. The zero-order valence-electron chi connectivity index (χ0n) is 17.1. The number of benzene rings is 2. The molecular formula is C23H20F3N3O2. The maximum Gasteiger partial charge on any atom is 0.416 e. The van der Waals surface area contributed by atoms with Crippen molar-refractivity contribution in [3.8, 4) is 22.8 Å². The quantitative estimate of drug-likeness (QED) is 0.423. The normalized spacial score (nSPS) is 11.5. The monoisotopic (exact) mass is 427 g/mol. The zero-order chi connectivity index (χ0) is 22.2. The number of hydrogen-bond donors (Lipinski definition) is 1. The van der Waals surface area contributed by atoms with Gasteiger partial charge in [-0.25, -0.2) is 4.98 Å². The fraction of sp³-hybridized carbons (Fsp3) is 0.174. The minimum Gasteiger partial charge on any atom is -0.493 e. The second-order valence-electron chi connectivity index (χ2n) is 6.95. The number of fused-ring (bicyclic) bond motifs is 1. The minimum atomic E-state index is -4.40. The lowest BCUT2D eigenvalue weighted by Gasteiger charge is -2.11. The Bertz CT molecular complexity index is 1250. The molecule has 2 aromatic heterocycles. The van der Waals surface area contributed by atoms with Crippen LogP contribution in [-0.2, 0) is 13.2 Å². The first-order chi connectivity index (χ1) is 14.8. The first-order valence-electron chi connectivity index (χ1n) is 9.43. The van der Waals surface area contributed by atoms with Gasteiger partial charge in [-0.3, -0.25) is 0 Å². The fourth-order valence-corrected chi connectivity index (χ4v) is 3.54. The molecule has 2 heterocycles. The molecule has 0 fully saturated rings. The number of rotatable bonds is 5. The third-order valence-electron chi connectivity index (χ3n) is 5.10. The molecule has 5 nitrogen and oxygen atoms in total. The second-order valence-corrected chi connectivity index (χ2v) is 6.95. The Labute approximate surface area is 177 Å². The molecule has 0 atom stereocenters. The van der Waals surface area contributed by atoms with Crippen molar-refractivity contribution in [1.29, 1.82) is 0 Å². The molecule has 0 unspecified atom stereocenters. The van der Waals surface area contributed by atoms with Crippen LogP contribution in [0.4, 0.5) is 24.7 Å². The van der Waals surface area contributed by atoms with Gasteiger partial charge in [0.05, 0.1) is 25.3 Å². The Morgan fingerprint density at radius 2 is 1.71 bits per heavy atom. The van der Waals surface area contributed by atoms with Gasteiger partial charge in [0.2, 0.25) is 0 Å². The summed E-state index contributed by atoms with van der Waals surface area (Å²) in [4.78, 5) is 4.43. The molecule has 160 valence electrons. The van der Waals surface area contributed by atoms with Crippen molar-refractivity contribution in [2.45, 2.75) is 6.18 Å². The molecule has 0 aliphatic heterocycles. The molecule has 0 saturated heterocycles. The molecule has 4 aromatic rings. The molecule has 0 saturated carbocycles. The number of pyridine rings is 1. The Morgan fingerprint density at radius 1 is 0.935 bits per heavy atom. The van der Waals surface area contributed by atoms with E-state index in [1.54, 1.807) is 38.6 Å². The maximum absolute atomic E-state index is 13.2. The van der Waals surface area contributed by atoms with Crippen LogP contribution >= 0.6 is 0 Å². The molecule has 0 bridgehead atoms. The van der Waals surface area contributed by atoms with Crippen LogP contribution in [0.15, 0.2) is 60.8 Å². The van der Waals surface area contributed by atoms with Crippen molar-refractivity contribution in [3.63, 3.8) is 0 Å². The summed E-state index contributed by atoms with van der Waals surface area (Å²) in [6, 6.07) is 14.4. The maximum atomic E-state index is 13.2. The highest BCUT2D eigenvalue weighted by Gasteiger charge is 2.30. The lowest BCUT2D eigenvalue weighted by molar-refractivity contribution is -0.137. The summed E-state index contributed by atoms with van der Waals surface area (Å²) in [5, 5.41) is 4.05. The van der Waals surface area contributed by atoms with Gasteiger partial charge in [0.25, 0.3) is 0 Å². The van der Waals surface area contributed by atoms with Crippen molar-refractivity contribution in [2.24, 2.45) is 7.05 Å². The average molecular weight is 427 g/mol. The van der Waals surface area contributed by atoms with Gasteiger partial charge in [0, 0.05) is 36.1 Å². The van der Waals surface area contributed by atoms with Gasteiger partial charge >= 0.3 is 6.18 Å². The van der Waals surface area contributed by atoms with Crippen LogP contribution in [0, 0.1) is 0 Å². The summed E-state index contributed by atoms with van der Waals surface area (Å²) >= 11 is 0. The third-order valence-corrected chi connectivity index (χ3v) is 5.10. The predicted octanol–water partition coefficient (Wildman–Crippen LogP) is 6.02. The zero-order valence-corrected chi connectivity index (χ0v) is 17.1. The molecule has 8 heteroatoms. The Morgan fingerprint density at radius 3 is 2.42 bits per heavy atom. The van der Waals surface area contributed by atoms with E-state index in [-0.39, 0.29) is 0 Å². The summed E-state index contributed by atoms with van der Waals surface area (Å²) in [5.41, 5.74) is 2.03. The van der Waals surface area contributed by atoms with E-state index in [2.05, 4.69) is 10.3 Å². The van der Waals surface area contributed by atoms with Crippen LogP contribution in [-0.4, -0.2) is 23.8 Å². The van der Waals surface area contributed by atoms with Gasteiger partial charge in [0.1, 0.15) is 5.82 Å². The van der Waals surface area contributed by atoms with Gasteiger partial charge in [0.15, 0.2) is 11.5 Å². The summed E-state index contributed by atoms with van der Waals surface area (Å²) in [7, 11) is 4.93. The van der Waals surface area contributed by atoms with Gasteiger partial charge in [-0.15, -0.1) is 0 Å². The fourth-order valence-electron chi connectivity index (χ4n) is 3.54. The second kappa shape index (κ2) is 7.86. The van der Waals surface area contributed by atoms with E-state index in [9.17, 15) is 13.2 Å². The number of halogens is 3. The molecular weight excluding hydrogens is 407 g/mol. The standard InChI is InChI=1S/C23H20F3N3O2/c1-29-18-9-10-27-22(28-16-7-8-20(30-2)21(12-16)31-3)17(18)13-19(29)14-5-4-6-15(11-14)23(24,25)26/h4-13H,1-3H3,(H,27,28). The van der Waals surface area contributed by atoms with Crippen LogP contribution in [0.25, 0.3) is 22.2 Å². The van der Waals surface area contributed by atoms with E-state index in [1.807, 2.05) is 29.8 Å². The summed E-state index contributed by atoms with van der Waals surface area (Å²) in [6.07, 6.45) is -2.75. The van der Waals surface area contributed by atoms with Crippen molar-refractivity contribution in [3.05, 3.63) is 66.4 Å². The minimum absolute atomic E-state index is 0.477. The molecule has 2 aromatic carbocycles. The number of ether oxygens (including phenoxy) is 2. The lowest BCUT2D eigenvalue weighted by Crippen LogP contribution is -2.04. The van der Waals surface area contributed by atoms with Crippen LogP contribution in [0.3, 0.4) is 0 Å². The van der Waals surface area contributed by atoms with Crippen molar-refractivity contribution >= 4 is 22.4 Å². The Balaban J connectivity index is 1.77. The number of aryl methyl sites for hydroxylation is 1. The van der Waals surface area contributed by atoms with Crippen LogP contribution in [0.1, 0.15) is 5.56 Å². The number of nitrogens with one attached hydrogen (secondary N) is 1. The summed E-state index contributed by atoms with van der Waals surface area (Å²) < 4.78 is 52.0. The van der Waals surface area contributed by atoms with Crippen molar-refractivity contribution in [1.82, 2.24) is 9.55 Å². The largest absolute Gasteiger partial charge is 0.493 e. The topological polar surface area (TPSA) is 48.3 Å². The number of aromatic nitrogens is 2. The molecule has 31 heavy (non-hydrogen) atoms. The highest BCUT2D eigenvalue weighted by molar-refractivity contribution is 5.96. The van der Waals surface area contributed by atoms with Gasteiger partial charge in [-0.1, -0.05) is 12.1 Å². The highest BCUT2D eigenvalue weighted by atomic mass is 19.4. The molecule has 0 amide bonds. The Kier molecular flexibility index (Phi) is 5.22. The average Bonchev–Trinajstić information content (AvgIpc) is 3.11. The van der Waals surface area contributed by atoms with E-state index in [0.29, 0.717) is 28.6 Å². The van der Waals surface area contributed by atoms with Crippen LogP contribution < -0.4 is 14.8 Å². The molecule has 4 rings (SSSR count). The van der Waals surface area contributed by atoms with E-state index < -0.39 is 11.7 Å². The van der Waals surface area contributed by atoms with Crippen molar-refractivity contribution < 1.29 is 22.6 Å². The number of hydrogen-bond acceptors (Lipinski definition) is 4. The molecule has 0 aliphatic rings. The molecule has 0 radical (unpaired) electrons. The smallest absolute Gasteiger partial charge is 0.416 e. The van der Waals surface area contributed by atoms with E-state index >= 15 is 0 Å². The first kappa shape index (κ1) is 20.6. The van der Waals surface area contributed by atoms with Gasteiger partial charge in [-0.2, -0.15) is 13.2 Å². The van der Waals surface area contributed by atoms with Crippen LogP contribution in [0.5, 0.6) is 11.5 Å². The third kappa shape index (κ3) is 3.88. The van der Waals surface area contributed by atoms with E-state index in [0.717, 1.165) is 28.7 Å². The number of methoxy groups -OCH3 is 2. The number of anilines is 2. The van der Waals surface area contributed by atoms with E-state index in [1.165, 1.54) is 6.07 Å². The predicted molar refractivity (Wildman–Crippen MR) is 114 cm³/mol. The number of nitrogens with zero attached hydrogens (tertiary/aromatic N) is 2. The Hall–Kier alpha value is -3.68. The highest BCUT2D eigenvalue weighted by Crippen LogP contribution is 2.36. The first-order valence-corrected chi connectivity index (χ1v) is 9.43. The molecule has 1 N–H and O–H groups in total. The van der Waals surface area contributed by atoms with Crippen LogP contribution in [0.2, 0.25) is 0 Å². The molecule has 0 spiro atoms. The molecule has 0 aliphatic carbocycles. The van der Waals surface area contributed by atoms with Crippen molar-refractivity contribution in [2.75, 3.05) is 19.5 Å². The van der Waals surface area contributed by atoms with Gasteiger partial charge < -0.3 is 19.4 Å². The van der Waals surface area contributed by atoms with Gasteiger partial charge in [-0.05, 0) is 42.0 Å².